The van der Waals surface area contributed by atoms with Gasteiger partial charge >= 0.3 is 0 Å². The average Bonchev–Trinajstić information content (AvgIpc) is 2.76. The van der Waals surface area contributed by atoms with E-state index >= 15 is 0 Å². The fraction of sp³-hybridized carbons (Fsp3) is 0.480. The lowest BCUT2D eigenvalue weighted by Gasteiger charge is -2.32. The number of carbonyl (C=O) groups excluding carboxylic acids is 1. The van der Waals surface area contributed by atoms with Gasteiger partial charge in [-0.25, -0.2) is 0 Å². The lowest BCUT2D eigenvalue weighted by molar-refractivity contribution is -0.0430. The van der Waals surface area contributed by atoms with E-state index in [1.54, 1.807) is 4.90 Å². The first-order chi connectivity index (χ1) is 15.3. The molecule has 0 bridgehead atoms. The van der Waals surface area contributed by atoms with Crippen molar-refractivity contribution in [3.63, 3.8) is 0 Å². The van der Waals surface area contributed by atoms with Crippen LogP contribution in [-0.2, 0) is 4.74 Å². The predicted octanol–water partition coefficient (Wildman–Crippen LogP) is 4.06. The Bertz CT molecular complexity index is 830. The molecule has 3 atom stereocenters. The third-order valence-corrected chi connectivity index (χ3v) is 5.35. The molecule has 7 heteroatoms. The van der Waals surface area contributed by atoms with E-state index in [9.17, 15) is 9.90 Å². The Hall–Kier alpha value is -2.45. The van der Waals surface area contributed by atoms with Gasteiger partial charge in [-0.1, -0.05) is 30.3 Å². The zero-order chi connectivity index (χ0) is 23.7. The summed E-state index contributed by atoms with van der Waals surface area (Å²) in [6.07, 6.45) is -1.26. The first-order valence-electron chi connectivity index (χ1n) is 11.1. The van der Waals surface area contributed by atoms with E-state index in [0.717, 1.165) is 11.1 Å². The number of ether oxygens (including phenoxy) is 3. The number of hydrogen-bond donors (Lipinski definition) is 2. The number of nitrogens with two attached hydrogens (primary N) is 1. The molecule has 0 aliphatic rings. The fourth-order valence-corrected chi connectivity index (χ4v) is 3.64. The summed E-state index contributed by atoms with van der Waals surface area (Å²) in [4.78, 5) is 14.0. The molecule has 0 saturated heterocycles. The quantitative estimate of drug-likeness (QED) is 0.355. The van der Waals surface area contributed by atoms with Crippen LogP contribution in [-0.4, -0.2) is 48.5 Å². The van der Waals surface area contributed by atoms with Crippen LogP contribution in [0.2, 0.25) is 0 Å². The highest BCUT2D eigenvalue weighted by atomic mass is 16.5. The molecular weight excluding hydrogens is 408 g/mol. The summed E-state index contributed by atoms with van der Waals surface area (Å²) in [7, 11) is 0. The highest BCUT2D eigenvalue weighted by Crippen LogP contribution is 2.35. The van der Waals surface area contributed by atoms with E-state index in [2.05, 4.69) is 0 Å². The van der Waals surface area contributed by atoms with Crippen LogP contribution in [0.3, 0.4) is 0 Å². The molecule has 0 aliphatic carbocycles. The van der Waals surface area contributed by atoms with E-state index in [1.165, 1.54) is 6.92 Å². The van der Waals surface area contributed by atoms with Crippen molar-refractivity contribution in [2.24, 2.45) is 5.73 Å². The second-order valence-corrected chi connectivity index (χ2v) is 7.57. The molecule has 2 aromatic carbocycles. The van der Waals surface area contributed by atoms with Crippen molar-refractivity contribution >= 4 is 5.78 Å². The van der Waals surface area contributed by atoms with E-state index in [0.29, 0.717) is 43.4 Å². The second-order valence-electron chi connectivity index (χ2n) is 7.57. The molecular formula is C25H36N2O5. The van der Waals surface area contributed by atoms with E-state index < -0.39 is 6.35 Å². The van der Waals surface area contributed by atoms with Crippen LogP contribution >= 0.6 is 0 Å². The molecule has 3 N–H and O–H groups in total. The third-order valence-electron chi connectivity index (χ3n) is 5.35. The predicted molar refractivity (Wildman–Crippen MR) is 125 cm³/mol. The van der Waals surface area contributed by atoms with Crippen molar-refractivity contribution in [1.29, 1.82) is 0 Å². The van der Waals surface area contributed by atoms with Gasteiger partial charge in [-0.15, -0.1) is 0 Å². The van der Waals surface area contributed by atoms with Gasteiger partial charge in [0.2, 0.25) is 0 Å². The topological polar surface area (TPSA) is 94.2 Å². The van der Waals surface area contributed by atoms with Gasteiger partial charge in [0.1, 0.15) is 17.1 Å². The molecule has 0 fully saturated rings. The van der Waals surface area contributed by atoms with Gasteiger partial charge in [0.25, 0.3) is 0 Å². The molecule has 0 aliphatic heterocycles. The summed E-state index contributed by atoms with van der Waals surface area (Å²) in [6.45, 7) is 10.8. The minimum absolute atomic E-state index is 0.0766. The molecule has 1 unspecified atom stereocenters. The van der Waals surface area contributed by atoms with Crippen LogP contribution in [0.25, 0.3) is 0 Å². The SMILES string of the molecule is CCOc1cc([C@@H](C)N(CCO[C@@H](C)c2ccccc2)C(N)O)cc(OCC)c1C(C)=O. The zero-order valence-electron chi connectivity index (χ0n) is 19.7. The number of hydrogen-bond acceptors (Lipinski definition) is 7. The molecule has 2 rings (SSSR count). The normalized spacial score (nSPS) is 14.1. The molecule has 0 saturated carbocycles. The largest absolute Gasteiger partial charge is 0.493 e. The van der Waals surface area contributed by atoms with Gasteiger partial charge in [0.15, 0.2) is 12.1 Å². The summed E-state index contributed by atoms with van der Waals surface area (Å²) in [5, 5.41) is 10.2. The molecule has 32 heavy (non-hydrogen) atoms. The first kappa shape index (κ1) is 25.8. The molecule has 0 amide bonds. The lowest BCUT2D eigenvalue weighted by atomic mass is 10.0. The van der Waals surface area contributed by atoms with Crippen molar-refractivity contribution in [1.82, 2.24) is 4.90 Å². The standard InChI is InChI=1S/C25H36N2O5/c1-6-30-22-15-21(16-23(31-7-2)24(22)18(4)28)17(3)27(25(26)29)13-14-32-19(5)20-11-9-8-10-12-20/h8-12,15-17,19,25,29H,6-7,13-14,26H2,1-5H3/t17-,19+,25?/m1/s1. The zero-order valence-corrected chi connectivity index (χ0v) is 19.7. The number of benzene rings is 2. The summed E-state index contributed by atoms with van der Waals surface area (Å²) < 4.78 is 17.4. The summed E-state index contributed by atoms with van der Waals surface area (Å²) in [5.74, 6) is 0.802. The van der Waals surface area contributed by atoms with Crippen LogP contribution in [0.5, 0.6) is 11.5 Å². The van der Waals surface area contributed by atoms with Crippen LogP contribution in [0.15, 0.2) is 42.5 Å². The Kier molecular flexibility index (Phi) is 10.1. The van der Waals surface area contributed by atoms with Gasteiger partial charge in [-0.05, 0) is 57.9 Å². The van der Waals surface area contributed by atoms with Gasteiger partial charge in [-0.3, -0.25) is 15.4 Å². The monoisotopic (exact) mass is 444 g/mol. The minimum Gasteiger partial charge on any atom is -0.493 e. The molecule has 0 aromatic heterocycles. The van der Waals surface area contributed by atoms with E-state index in [1.807, 2.05) is 70.2 Å². The van der Waals surface area contributed by atoms with Crippen molar-refractivity contribution in [3.05, 3.63) is 59.2 Å². The Morgan fingerprint density at radius 3 is 2.06 bits per heavy atom. The first-order valence-corrected chi connectivity index (χ1v) is 11.1. The molecule has 0 heterocycles. The van der Waals surface area contributed by atoms with Crippen LogP contribution in [0.4, 0.5) is 0 Å². The Balaban J connectivity index is 2.22. The summed E-state index contributed by atoms with van der Waals surface area (Å²) in [5.41, 5.74) is 8.21. The van der Waals surface area contributed by atoms with Crippen molar-refractivity contribution in [2.75, 3.05) is 26.4 Å². The second kappa shape index (κ2) is 12.6. The number of nitrogens with zero attached hydrogens (tertiary/aromatic N) is 1. The van der Waals surface area contributed by atoms with Gasteiger partial charge in [0.05, 0.1) is 25.9 Å². The van der Waals surface area contributed by atoms with E-state index in [4.69, 9.17) is 19.9 Å². The van der Waals surface area contributed by atoms with Crippen LogP contribution in [0, 0.1) is 0 Å². The Labute approximate surface area is 191 Å². The summed E-state index contributed by atoms with van der Waals surface area (Å²) >= 11 is 0. The number of Topliss-reactive ketones (excluding diaryl/α,β-unsaturated/α-hetero) is 1. The maximum absolute atomic E-state index is 12.2. The van der Waals surface area contributed by atoms with Crippen LogP contribution < -0.4 is 15.2 Å². The molecule has 0 radical (unpaired) electrons. The fourth-order valence-electron chi connectivity index (χ4n) is 3.64. The van der Waals surface area contributed by atoms with Crippen LogP contribution in [0.1, 0.15) is 68.2 Å². The molecule has 2 aromatic rings. The highest BCUT2D eigenvalue weighted by Gasteiger charge is 2.25. The lowest BCUT2D eigenvalue weighted by Crippen LogP contribution is -2.45. The maximum atomic E-state index is 12.2. The summed E-state index contributed by atoms with van der Waals surface area (Å²) in [6, 6.07) is 13.3. The maximum Gasteiger partial charge on any atom is 0.167 e. The Morgan fingerprint density at radius 2 is 1.59 bits per heavy atom. The number of aliphatic hydroxyl groups excluding tert-OH is 1. The molecule has 176 valence electrons. The average molecular weight is 445 g/mol. The van der Waals surface area contributed by atoms with Crippen molar-refractivity contribution in [2.45, 2.75) is 53.1 Å². The minimum atomic E-state index is -1.18. The third kappa shape index (κ3) is 6.77. The highest BCUT2D eigenvalue weighted by molar-refractivity contribution is 5.99. The number of rotatable bonds is 13. The van der Waals surface area contributed by atoms with E-state index in [-0.39, 0.29) is 17.9 Å². The Morgan fingerprint density at radius 1 is 1.03 bits per heavy atom. The van der Waals surface area contributed by atoms with Crippen molar-refractivity contribution < 1.29 is 24.1 Å². The number of aliphatic hydroxyl groups is 1. The smallest absolute Gasteiger partial charge is 0.167 e. The molecule has 0 spiro atoms. The van der Waals surface area contributed by atoms with Gasteiger partial charge in [0, 0.05) is 12.6 Å². The number of ketones is 1. The number of carbonyl (C=O) groups is 1. The van der Waals surface area contributed by atoms with Gasteiger partial charge in [-0.2, -0.15) is 0 Å². The molecule has 7 nitrogen and oxygen atoms in total. The van der Waals surface area contributed by atoms with Gasteiger partial charge < -0.3 is 19.3 Å². The van der Waals surface area contributed by atoms with Crippen molar-refractivity contribution in [3.8, 4) is 11.5 Å².